The van der Waals surface area contributed by atoms with Gasteiger partial charge in [-0.25, -0.2) is 4.68 Å². The lowest BCUT2D eigenvalue weighted by Gasteiger charge is -2.31. The van der Waals surface area contributed by atoms with Gasteiger partial charge < -0.3 is 19.1 Å². The quantitative estimate of drug-likeness (QED) is 0.452. The van der Waals surface area contributed by atoms with Crippen LogP contribution in [0.5, 0.6) is 0 Å². The fraction of sp³-hybridized carbons (Fsp3) is 0.280. The number of piperidine rings is 1. The van der Waals surface area contributed by atoms with E-state index in [9.17, 15) is 10.1 Å². The highest BCUT2D eigenvalue weighted by atomic mass is 16.4. The predicted octanol–water partition coefficient (Wildman–Crippen LogP) is 3.57. The van der Waals surface area contributed by atoms with E-state index in [1.807, 2.05) is 34.0 Å². The summed E-state index contributed by atoms with van der Waals surface area (Å²) in [5.41, 5.74) is 2.40. The van der Waals surface area contributed by atoms with Crippen LogP contribution < -0.4 is 10.2 Å². The number of carbonyl (C=O) groups excluding carboxylic acids is 1. The van der Waals surface area contributed by atoms with Crippen LogP contribution in [0, 0.1) is 17.2 Å². The molecule has 1 amide bonds. The topological polar surface area (TPSA) is 113 Å². The summed E-state index contributed by atoms with van der Waals surface area (Å²) < 4.78 is 13.0. The van der Waals surface area contributed by atoms with Crippen LogP contribution in [0.2, 0.25) is 0 Å². The highest BCUT2D eigenvalue weighted by Crippen LogP contribution is 2.31. The molecule has 9 nitrogen and oxygen atoms in total. The molecule has 1 aromatic carbocycles. The van der Waals surface area contributed by atoms with Gasteiger partial charge in [0.15, 0.2) is 5.76 Å². The highest BCUT2D eigenvalue weighted by molar-refractivity contribution is 5.79. The molecule has 0 aliphatic carbocycles. The molecule has 34 heavy (non-hydrogen) atoms. The van der Waals surface area contributed by atoms with Crippen LogP contribution in [0.3, 0.4) is 0 Å². The third-order valence-corrected chi connectivity index (χ3v) is 6.02. The smallest absolute Gasteiger partial charge is 0.266 e. The van der Waals surface area contributed by atoms with E-state index in [0.29, 0.717) is 44.1 Å². The highest BCUT2D eigenvalue weighted by Gasteiger charge is 2.29. The Balaban J connectivity index is 1.11. The van der Waals surface area contributed by atoms with Crippen molar-refractivity contribution in [2.75, 3.05) is 24.5 Å². The number of nitrogens with zero attached hydrogens (tertiary/aromatic N) is 5. The number of benzene rings is 1. The Labute approximate surface area is 196 Å². The predicted molar refractivity (Wildman–Crippen MR) is 124 cm³/mol. The minimum absolute atomic E-state index is 0.0588. The van der Waals surface area contributed by atoms with Crippen LogP contribution in [-0.4, -0.2) is 40.3 Å². The van der Waals surface area contributed by atoms with Gasteiger partial charge in [-0.15, -0.1) is 0 Å². The molecule has 4 heterocycles. The molecule has 0 bridgehead atoms. The lowest BCUT2D eigenvalue weighted by atomic mass is 9.96. The first-order chi connectivity index (χ1) is 16.7. The Kier molecular flexibility index (Phi) is 6.12. The second-order valence-electron chi connectivity index (χ2n) is 8.18. The number of furan rings is 1. The molecule has 4 aromatic rings. The summed E-state index contributed by atoms with van der Waals surface area (Å²) in [4.78, 5) is 18.9. The molecule has 1 N–H and O–H groups in total. The monoisotopic (exact) mass is 456 g/mol. The Bertz CT molecular complexity index is 1260. The van der Waals surface area contributed by atoms with E-state index in [4.69, 9.17) is 8.83 Å². The van der Waals surface area contributed by atoms with Gasteiger partial charge >= 0.3 is 0 Å². The van der Waals surface area contributed by atoms with Crippen molar-refractivity contribution in [2.24, 2.45) is 5.92 Å². The molecule has 0 spiro atoms. The molecule has 5 rings (SSSR count). The molecule has 0 saturated carbocycles. The average molecular weight is 457 g/mol. The van der Waals surface area contributed by atoms with Crippen LogP contribution in [0.1, 0.15) is 24.1 Å². The minimum atomic E-state index is -0.0588. The number of nitriles is 1. The van der Waals surface area contributed by atoms with Gasteiger partial charge in [-0.3, -0.25) is 4.79 Å². The van der Waals surface area contributed by atoms with Gasteiger partial charge in [0.1, 0.15) is 6.07 Å². The number of nitrogens with one attached hydrogen (secondary N) is 1. The van der Waals surface area contributed by atoms with Crippen LogP contribution in [0.4, 0.5) is 5.88 Å². The Morgan fingerprint density at radius 1 is 1.18 bits per heavy atom. The number of hydrogen-bond acceptors (Lipinski definition) is 7. The molecule has 1 aliphatic heterocycles. The van der Waals surface area contributed by atoms with Gasteiger partial charge in [0, 0.05) is 37.9 Å². The SMILES string of the molecule is N#Cc1nc(-c2ccco2)oc1N1CCC(C(=O)NCCc2ccc(-n3cccn3)cc2)CC1. The zero-order valence-electron chi connectivity index (χ0n) is 18.6. The van der Waals surface area contributed by atoms with Gasteiger partial charge in [-0.05, 0) is 55.2 Å². The zero-order valence-corrected chi connectivity index (χ0v) is 18.6. The second kappa shape index (κ2) is 9.67. The molecule has 172 valence electrons. The molecule has 0 radical (unpaired) electrons. The fourth-order valence-electron chi connectivity index (χ4n) is 4.16. The fourth-order valence-corrected chi connectivity index (χ4v) is 4.16. The average Bonchev–Trinajstić information content (AvgIpc) is 3.66. The maximum Gasteiger partial charge on any atom is 0.266 e. The van der Waals surface area contributed by atoms with Crippen LogP contribution in [0.15, 0.2) is 70.0 Å². The normalized spacial score (nSPS) is 14.1. The number of carbonyl (C=O) groups is 1. The molecule has 1 aliphatic rings. The van der Waals surface area contributed by atoms with Gasteiger partial charge in [-0.2, -0.15) is 15.3 Å². The molecular formula is C25H24N6O3. The summed E-state index contributed by atoms with van der Waals surface area (Å²) in [7, 11) is 0. The van der Waals surface area contributed by atoms with Crippen molar-refractivity contribution >= 4 is 11.8 Å². The summed E-state index contributed by atoms with van der Waals surface area (Å²) in [5, 5.41) is 16.8. The standard InChI is InChI=1S/C25H24N6O3/c26-17-21-25(34-24(29-21)22-3-1-16-33-22)30-14-9-19(10-15-30)23(32)27-12-8-18-4-6-20(7-5-18)31-13-2-11-28-31/h1-7,11,13,16,19H,8-10,12,14-15H2,(H,27,32). The largest absolute Gasteiger partial charge is 0.459 e. The lowest BCUT2D eigenvalue weighted by molar-refractivity contribution is -0.125. The molecular weight excluding hydrogens is 432 g/mol. The van der Waals surface area contributed by atoms with Crippen LogP contribution in [-0.2, 0) is 11.2 Å². The van der Waals surface area contributed by atoms with E-state index in [2.05, 4.69) is 33.6 Å². The molecule has 0 atom stereocenters. The molecule has 0 unspecified atom stereocenters. The third-order valence-electron chi connectivity index (χ3n) is 6.02. The van der Waals surface area contributed by atoms with Gasteiger partial charge in [0.05, 0.1) is 12.0 Å². The number of hydrogen-bond donors (Lipinski definition) is 1. The lowest BCUT2D eigenvalue weighted by Crippen LogP contribution is -2.41. The Morgan fingerprint density at radius 3 is 2.68 bits per heavy atom. The summed E-state index contributed by atoms with van der Waals surface area (Å²) >= 11 is 0. The van der Waals surface area contributed by atoms with Crippen molar-refractivity contribution in [1.82, 2.24) is 20.1 Å². The molecule has 1 fully saturated rings. The maximum atomic E-state index is 12.7. The summed E-state index contributed by atoms with van der Waals surface area (Å²) in [6.07, 6.45) is 7.33. The van der Waals surface area contributed by atoms with Crippen molar-refractivity contribution in [3.63, 3.8) is 0 Å². The van der Waals surface area contributed by atoms with Crippen molar-refractivity contribution < 1.29 is 13.6 Å². The van der Waals surface area contributed by atoms with E-state index >= 15 is 0 Å². The van der Waals surface area contributed by atoms with Crippen LogP contribution >= 0.6 is 0 Å². The van der Waals surface area contributed by atoms with Crippen molar-refractivity contribution in [3.05, 3.63) is 72.4 Å². The molecule has 3 aromatic heterocycles. The first-order valence-corrected chi connectivity index (χ1v) is 11.3. The van der Waals surface area contributed by atoms with Crippen LogP contribution in [0.25, 0.3) is 17.3 Å². The van der Waals surface area contributed by atoms with Crippen molar-refractivity contribution in [2.45, 2.75) is 19.3 Å². The minimum Gasteiger partial charge on any atom is -0.459 e. The van der Waals surface area contributed by atoms with Gasteiger partial charge in [0.25, 0.3) is 5.89 Å². The summed E-state index contributed by atoms with van der Waals surface area (Å²) in [5.74, 6) is 1.21. The summed E-state index contributed by atoms with van der Waals surface area (Å²) in [6.45, 7) is 1.83. The number of amides is 1. The Morgan fingerprint density at radius 2 is 2.00 bits per heavy atom. The van der Waals surface area contributed by atoms with E-state index < -0.39 is 0 Å². The first-order valence-electron chi connectivity index (χ1n) is 11.3. The maximum absolute atomic E-state index is 12.7. The van der Waals surface area contributed by atoms with Crippen molar-refractivity contribution in [3.8, 4) is 23.4 Å². The van der Waals surface area contributed by atoms with Gasteiger partial charge in [0.2, 0.25) is 17.5 Å². The summed E-state index contributed by atoms with van der Waals surface area (Å²) in [6, 6.07) is 15.6. The van der Waals surface area contributed by atoms with Crippen molar-refractivity contribution in [1.29, 1.82) is 5.26 Å². The number of anilines is 1. The van der Waals surface area contributed by atoms with E-state index in [1.54, 1.807) is 18.3 Å². The second-order valence-corrected chi connectivity index (χ2v) is 8.18. The van der Waals surface area contributed by atoms with Gasteiger partial charge in [-0.1, -0.05) is 12.1 Å². The third kappa shape index (κ3) is 4.57. The first kappa shape index (κ1) is 21.5. The molecule has 9 heteroatoms. The number of oxazole rings is 1. The molecule has 1 saturated heterocycles. The van der Waals surface area contributed by atoms with E-state index in [-0.39, 0.29) is 23.4 Å². The number of rotatable bonds is 7. The Hall–Kier alpha value is -4.32. The zero-order chi connectivity index (χ0) is 23.3. The number of aromatic nitrogens is 3. The van der Waals surface area contributed by atoms with E-state index in [0.717, 1.165) is 17.7 Å². The van der Waals surface area contributed by atoms with E-state index in [1.165, 1.54) is 6.26 Å².